The predicted molar refractivity (Wildman–Crippen MR) is 101 cm³/mol. The van der Waals surface area contributed by atoms with Crippen LogP contribution in [-0.2, 0) is 6.42 Å². The van der Waals surface area contributed by atoms with Crippen molar-refractivity contribution in [2.24, 2.45) is 0 Å². The largest absolute Gasteiger partial charge is 0.492 e. The number of ether oxygens (including phenoxy) is 1. The third-order valence-corrected chi connectivity index (χ3v) is 5.41. The zero-order valence-electron chi connectivity index (χ0n) is 15.3. The van der Waals surface area contributed by atoms with Crippen LogP contribution in [0.3, 0.4) is 0 Å². The van der Waals surface area contributed by atoms with Crippen LogP contribution in [0.5, 0.6) is 5.75 Å². The number of likely N-dealkylation sites (tertiary alicyclic amines) is 1. The Morgan fingerprint density at radius 1 is 1.24 bits per heavy atom. The number of para-hydroxylation sites is 2. The summed E-state index contributed by atoms with van der Waals surface area (Å²) in [6, 6.07) is 8.65. The maximum Gasteiger partial charge on any atom is 0.145 e. The number of benzene rings is 1. The Morgan fingerprint density at radius 3 is 2.96 bits per heavy atom. The Kier molecular flexibility index (Phi) is 4.66. The number of nitrogens with zero attached hydrogens (tertiary/aromatic N) is 3. The number of nitrogens with one attached hydrogen (secondary N) is 1. The van der Waals surface area contributed by atoms with Crippen LogP contribution in [0.25, 0.3) is 5.69 Å². The Morgan fingerprint density at radius 2 is 2.12 bits per heavy atom. The van der Waals surface area contributed by atoms with Crippen LogP contribution in [0, 0.1) is 0 Å². The Hall–Kier alpha value is -2.01. The first kappa shape index (κ1) is 16.5. The maximum atomic E-state index is 5.85. The molecular formula is C20H28N4O. The molecule has 0 bridgehead atoms. The van der Waals surface area contributed by atoms with E-state index in [0.717, 1.165) is 36.8 Å². The van der Waals surface area contributed by atoms with Crippen LogP contribution >= 0.6 is 0 Å². The summed E-state index contributed by atoms with van der Waals surface area (Å²) >= 11 is 0. The van der Waals surface area contributed by atoms with Crippen molar-refractivity contribution in [1.29, 1.82) is 0 Å². The minimum absolute atomic E-state index is 0.452. The fourth-order valence-corrected chi connectivity index (χ4v) is 4.23. The summed E-state index contributed by atoms with van der Waals surface area (Å²) < 4.78 is 7.92. The Balaban J connectivity index is 1.79. The standard InChI is InChI=1S/C20H28N4O/c1-3-23-14-8-7-10-17(23)19-15-12-13-21-20(15)24(22-19)16-9-5-6-11-18(16)25-4-2/h5-6,9,11,17,21H,3-4,7-8,10,12-14H2,1-2H3. The molecule has 5 heteroatoms. The topological polar surface area (TPSA) is 42.3 Å². The minimum Gasteiger partial charge on any atom is -0.492 e. The fraction of sp³-hybridized carbons (Fsp3) is 0.550. The molecule has 134 valence electrons. The lowest BCUT2D eigenvalue weighted by Crippen LogP contribution is -2.34. The Labute approximate surface area is 150 Å². The van der Waals surface area contributed by atoms with Crippen molar-refractivity contribution in [3.8, 4) is 11.4 Å². The third kappa shape index (κ3) is 2.91. The van der Waals surface area contributed by atoms with Gasteiger partial charge in [-0.15, -0.1) is 0 Å². The number of hydrogen-bond donors (Lipinski definition) is 1. The summed E-state index contributed by atoms with van der Waals surface area (Å²) in [5, 5.41) is 8.65. The molecule has 4 rings (SSSR count). The molecule has 1 atom stereocenters. The number of aromatic nitrogens is 2. The Bertz CT molecular complexity index is 739. The van der Waals surface area contributed by atoms with Gasteiger partial charge in [-0.05, 0) is 51.4 Å². The predicted octanol–water partition coefficient (Wildman–Crippen LogP) is 3.79. The van der Waals surface area contributed by atoms with E-state index in [9.17, 15) is 0 Å². The van der Waals surface area contributed by atoms with Gasteiger partial charge in [0.05, 0.1) is 18.3 Å². The van der Waals surface area contributed by atoms with Crippen molar-refractivity contribution in [1.82, 2.24) is 14.7 Å². The minimum atomic E-state index is 0.452. The van der Waals surface area contributed by atoms with Gasteiger partial charge in [-0.2, -0.15) is 5.10 Å². The van der Waals surface area contributed by atoms with Crippen molar-refractivity contribution >= 4 is 5.82 Å². The summed E-state index contributed by atoms with van der Waals surface area (Å²) in [6.07, 6.45) is 4.88. The lowest BCUT2D eigenvalue weighted by Gasteiger charge is -2.34. The average molecular weight is 340 g/mol. The van der Waals surface area contributed by atoms with E-state index < -0.39 is 0 Å². The quantitative estimate of drug-likeness (QED) is 0.899. The number of piperidine rings is 1. The second kappa shape index (κ2) is 7.08. The molecule has 2 aliphatic heterocycles. The van der Waals surface area contributed by atoms with E-state index in [4.69, 9.17) is 9.84 Å². The molecule has 0 radical (unpaired) electrons. The van der Waals surface area contributed by atoms with Gasteiger partial charge < -0.3 is 10.1 Å². The highest BCUT2D eigenvalue weighted by Gasteiger charge is 2.32. The monoisotopic (exact) mass is 340 g/mol. The first-order valence-electron chi connectivity index (χ1n) is 9.65. The SMILES string of the molecule is CCOc1ccccc1-n1nc(C2CCCCN2CC)c2c1NCC2. The van der Waals surface area contributed by atoms with Crippen molar-refractivity contribution in [2.75, 3.05) is 31.6 Å². The van der Waals surface area contributed by atoms with Crippen LogP contribution < -0.4 is 10.1 Å². The van der Waals surface area contributed by atoms with Crippen LogP contribution in [0.1, 0.15) is 50.4 Å². The summed E-state index contributed by atoms with van der Waals surface area (Å²) in [5.41, 5.74) is 3.70. The van der Waals surface area contributed by atoms with E-state index in [1.54, 1.807) is 0 Å². The molecule has 1 unspecified atom stereocenters. The molecule has 3 heterocycles. The normalized spacial score (nSPS) is 20.3. The van der Waals surface area contributed by atoms with Crippen molar-refractivity contribution in [3.63, 3.8) is 0 Å². The zero-order chi connectivity index (χ0) is 17.2. The molecule has 1 N–H and O–H groups in total. The molecule has 1 saturated heterocycles. The molecule has 1 fully saturated rings. The highest BCUT2D eigenvalue weighted by atomic mass is 16.5. The van der Waals surface area contributed by atoms with Crippen molar-refractivity contribution < 1.29 is 4.74 Å². The first-order chi connectivity index (χ1) is 12.3. The summed E-state index contributed by atoms with van der Waals surface area (Å²) in [4.78, 5) is 2.59. The van der Waals surface area contributed by atoms with Gasteiger partial charge in [0.15, 0.2) is 0 Å². The molecule has 0 spiro atoms. The number of fused-ring (bicyclic) bond motifs is 1. The molecule has 5 nitrogen and oxygen atoms in total. The summed E-state index contributed by atoms with van der Waals surface area (Å²) in [6.45, 7) is 8.22. The van der Waals surface area contributed by atoms with Gasteiger partial charge >= 0.3 is 0 Å². The van der Waals surface area contributed by atoms with E-state index >= 15 is 0 Å². The van der Waals surface area contributed by atoms with Gasteiger partial charge in [-0.25, -0.2) is 4.68 Å². The maximum absolute atomic E-state index is 5.85. The van der Waals surface area contributed by atoms with Crippen molar-refractivity contribution in [2.45, 2.75) is 45.6 Å². The fourth-order valence-electron chi connectivity index (χ4n) is 4.23. The molecule has 2 aliphatic rings. The van der Waals surface area contributed by atoms with Gasteiger partial charge in [0.25, 0.3) is 0 Å². The van der Waals surface area contributed by atoms with Gasteiger partial charge in [-0.1, -0.05) is 25.5 Å². The number of hydrogen-bond acceptors (Lipinski definition) is 4. The van der Waals surface area contributed by atoms with Crippen LogP contribution in [0.15, 0.2) is 24.3 Å². The summed E-state index contributed by atoms with van der Waals surface area (Å²) in [7, 11) is 0. The first-order valence-corrected chi connectivity index (χ1v) is 9.65. The van der Waals surface area contributed by atoms with Gasteiger partial charge in [-0.3, -0.25) is 4.90 Å². The van der Waals surface area contributed by atoms with E-state index in [0.29, 0.717) is 12.6 Å². The molecule has 0 aliphatic carbocycles. The zero-order valence-corrected chi connectivity index (χ0v) is 15.3. The second-order valence-corrected chi connectivity index (χ2v) is 6.84. The lowest BCUT2D eigenvalue weighted by atomic mass is 9.96. The molecular weight excluding hydrogens is 312 g/mol. The van der Waals surface area contributed by atoms with Crippen LogP contribution in [0.2, 0.25) is 0 Å². The van der Waals surface area contributed by atoms with Gasteiger partial charge in [0, 0.05) is 12.1 Å². The molecule has 25 heavy (non-hydrogen) atoms. The van der Waals surface area contributed by atoms with Crippen LogP contribution in [-0.4, -0.2) is 40.9 Å². The highest BCUT2D eigenvalue weighted by molar-refractivity contribution is 5.60. The summed E-state index contributed by atoms with van der Waals surface area (Å²) in [5.74, 6) is 2.05. The molecule has 0 amide bonds. The van der Waals surface area contributed by atoms with E-state index in [2.05, 4.69) is 34.0 Å². The average Bonchev–Trinajstić information content (AvgIpc) is 3.25. The number of rotatable bonds is 5. The molecule has 2 aromatic rings. The van der Waals surface area contributed by atoms with E-state index in [1.165, 1.54) is 37.1 Å². The molecule has 1 aromatic heterocycles. The van der Waals surface area contributed by atoms with Gasteiger partial charge in [0.2, 0.25) is 0 Å². The second-order valence-electron chi connectivity index (χ2n) is 6.84. The lowest BCUT2D eigenvalue weighted by molar-refractivity contribution is 0.153. The van der Waals surface area contributed by atoms with Crippen molar-refractivity contribution in [3.05, 3.63) is 35.5 Å². The highest BCUT2D eigenvalue weighted by Crippen LogP contribution is 2.39. The molecule has 0 saturated carbocycles. The van der Waals surface area contributed by atoms with E-state index in [-0.39, 0.29) is 0 Å². The smallest absolute Gasteiger partial charge is 0.145 e. The van der Waals surface area contributed by atoms with Gasteiger partial charge in [0.1, 0.15) is 17.3 Å². The molecule has 1 aromatic carbocycles. The van der Waals surface area contributed by atoms with Crippen LogP contribution in [0.4, 0.5) is 5.82 Å². The number of anilines is 1. The third-order valence-electron chi connectivity index (χ3n) is 5.41. The van der Waals surface area contributed by atoms with E-state index in [1.807, 2.05) is 19.1 Å².